The van der Waals surface area contributed by atoms with E-state index in [1.807, 2.05) is 0 Å². The van der Waals surface area contributed by atoms with Crippen LogP contribution in [0.15, 0.2) is 0 Å². The minimum atomic E-state index is 0.147. The molecule has 19 heavy (non-hydrogen) atoms. The highest BCUT2D eigenvalue weighted by Gasteiger charge is 2.18. The first-order valence-corrected chi connectivity index (χ1v) is 7.47. The van der Waals surface area contributed by atoms with Gasteiger partial charge in [-0.05, 0) is 32.4 Å². The van der Waals surface area contributed by atoms with Gasteiger partial charge in [0.05, 0.1) is 6.54 Å². The van der Waals surface area contributed by atoms with Gasteiger partial charge >= 0.3 is 0 Å². The first-order chi connectivity index (χ1) is 9.02. The summed E-state index contributed by atoms with van der Waals surface area (Å²) in [6, 6.07) is 0.244. The summed E-state index contributed by atoms with van der Waals surface area (Å²) < 4.78 is 0. The van der Waals surface area contributed by atoms with Crippen LogP contribution in [-0.2, 0) is 4.79 Å². The predicted octanol–water partition coefficient (Wildman–Crippen LogP) is 0.114. The molecule has 112 valence electrons. The molecule has 0 aromatic heterocycles. The molecule has 5 heteroatoms. The summed E-state index contributed by atoms with van der Waals surface area (Å²) in [6.07, 6.45) is 1.12. The van der Waals surface area contributed by atoms with Crippen LogP contribution in [0.3, 0.4) is 0 Å². The molecule has 1 atom stereocenters. The summed E-state index contributed by atoms with van der Waals surface area (Å²) >= 11 is 0. The molecule has 1 rings (SSSR count). The molecular formula is C14H30N4O. The van der Waals surface area contributed by atoms with Crippen molar-refractivity contribution in [3.05, 3.63) is 0 Å². The summed E-state index contributed by atoms with van der Waals surface area (Å²) in [5.74, 6) is 0.626. The normalized spacial score (nSPS) is 20.3. The fourth-order valence-electron chi connectivity index (χ4n) is 2.26. The minimum Gasteiger partial charge on any atom is -0.352 e. The van der Waals surface area contributed by atoms with E-state index >= 15 is 0 Å². The highest BCUT2D eigenvalue weighted by molar-refractivity contribution is 5.78. The zero-order valence-electron chi connectivity index (χ0n) is 12.7. The van der Waals surface area contributed by atoms with E-state index < -0.39 is 0 Å². The Morgan fingerprint density at radius 3 is 2.42 bits per heavy atom. The first-order valence-electron chi connectivity index (χ1n) is 7.47. The van der Waals surface area contributed by atoms with Gasteiger partial charge in [-0.2, -0.15) is 0 Å². The number of nitrogens with two attached hydrogens (primary N) is 1. The van der Waals surface area contributed by atoms with Gasteiger partial charge in [-0.3, -0.25) is 9.69 Å². The predicted molar refractivity (Wildman–Crippen MR) is 79.0 cm³/mol. The van der Waals surface area contributed by atoms with Crippen LogP contribution in [0.1, 0.15) is 27.2 Å². The van der Waals surface area contributed by atoms with Crippen molar-refractivity contribution in [2.45, 2.75) is 33.2 Å². The average Bonchev–Trinajstić information content (AvgIpc) is 2.55. The Kier molecular flexibility index (Phi) is 7.34. The van der Waals surface area contributed by atoms with Crippen LogP contribution in [0.25, 0.3) is 0 Å². The second-order valence-corrected chi connectivity index (χ2v) is 5.86. The summed E-state index contributed by atoms with van der Waals surface area (Å²) in [6.45, 7) is 12.6. The Balaban J connectivity index is 2.30. The third-order valence-electron chi connectivity index (χ3n) is 3.88. The number of carbonyl (C=O) groups excluding carboxylic acids is 1. The van der Waals surface area contributed by atoms with Crippen molar-refractivity contribution in [3.63, 3.8) is 0 Å². The van der Waals surface area contributed by atoms with Crippen molar-refractivity contribution in [2.75, 3.05) is 45.8 Å². The number of amides is 1. The van der Waals surface area contributed by atoms with Crippen molar-refractivity contribution < 1.29 is 4.79 Å². The summed E-state index contributed by atoms with van der Waals surface area (Å²) in [5.41, 5.74) is 5.59. The van der Waals surface area contributed by atoms with E-state index in [-0.39, 0.29) is 11.9 Å². The van der Waals surface area contributed by atoms with Crippen LogP contribution in [-0.4, -0.2) is 67.6 Å². The van der Waals surface area contributed by atoms with Gasteiger partial charge in [-0.25, -0.2) is 0 Å². The van der Waals surface area contributed by atoms with E-state index in [4.69, 9.17) is 5.73 Å². The second kappa shape index (κ2) is 8.51. The summed E-state index contributed by atoms with van der Waals surface area (Å²) in [5, 5.41) is 3.07. The maximum absolute atomic E-state index is 12.0. The zero-order chi connectivity index (χ0) is 14.3. The van der Waals surface area contributed by atoms with Crippen LogP contribution in [0.4, 0.5) is 0 Å². The second-order valence-electron chi connectivity index (χ2n) is 5.86. The van der Waals surface area contributed by atoms with Crippen LogP contribution in [0.2, 0.25) is 0 Å². The third-order valence-corrected chi connectivity index (χ3v) is 3.88. The maximum Gasteiger partial charge on any atom is 0.234 e. The quantitative estimate of drug-likeness (QED) is 0.719. The monoisotopic (exact) mass is 270 g/mol. The molecule has 1 heterocycles. The first kappa shape index (κ1) is 16.4. The molecule has 0 aromatic rings. The molecule has 3 N–H and O–H groups in total. The van der Waals surface area contributed by atoms with E-state index in [2.05, 4.69) is 35.9 Å². The van der Waals surface area contributed by atoms with Crippen molar-refractivity contribution in [1.82, 2.24) is 15.1 Å². The highest BCUT2D eigenvalue weighted by atomic mass is 16.2. The Bertz CT molecular complexity index is 270. The van der Waals surface area contributed by atoms with E-state index in [0.717, 1.165) is 39.1 Å². The van der Waals surface area contributed by atoms with Crippen molar-refractivity contribution in [1.29, 1.82) is 0 Å². The number of hydrogen-bond acceptors (Lipinski definition) is 4. The molecule has 0 saturated carbocycles. The van der Waals surface area contributed by atoms with Crippen LogP contribution in [0.5, 0.6) is 0 Å². The Labute approximate surface area is 117 Å². The topological polar surface area (TPSA) is 61.6 Å². The molecule has 1 fully saturated rings. The smallest absolute Gasteiger partial charge is 0.234 e. The fourth-order valence-corrected chi connectivity index (χ4v) is 2.26. The Morgan fingerprint density at radius 1 is 1.16 bits per heavy atom. The number of rotatable bonds is 6. The Hall–Kier alpha value is -0.650. The van der Waals surface area contributed by atoms with Crippen molar-refractivity contribution in [3.8, 4) is 0 Å². The lowest BCUT2D eigenvalue weighted by atomic mass is 10.1. The van der Waals surface area contributed by atoms with Gasteiger partial charge in [-0.15, -0.1) is 0 Å². The van der Waals surface area contributed by atoms with Gasteiger partial charge in [0.1, 0.15) is 0 Å². The average molecular weight is 270 g/mol. The number of nitrogens with zero attached hydrogens (tertiary/aromatic N) is 2. The maximum atomic E-state index is 12.0. The van der Waals surface area contributed by atoms with Gasteiger partial charge in [0.2, 0.25) is 5.91 Å². The number of carbonyl (C=O) groups is 1. The van der Waals surface area contributed by atoms with Crippen molar-refractivity contribution in [2.24, 2.45) is 11.7 Å². The molecule has 0 bridgehead atoms. The van der Waals surface area contributed by atoms with Crippen molar-refractivity contribution >= 4 is 5.91 Å². The molecule has 1 unspecified atom stereocenters. The molecule has 0 radical (unpaired) electrons. The fraction of sp³-hybridized carbons (Fsp3) is 0.929. The van der Waals surface area contributed by atoms with Gasteiger partial charge in [0, 0.05) is 32.2 Å². The van der Waals surface area contributed by atoms with E-state index in [1.54, 1.807) is 0 Å². The largest absolute Gasteiger partial charge is 0.352 e. The van der Waals surface area contributed by atoms with Gasteiger partial charge in [-0.1, -0.05) is 13.8 Å². The minimum absolute atomic E-state index is 0.147. The molecule has 0 aliphatic carbocycles. The molecule has 0 spiro atoms. The molecule has 1 aliphatic rings. The SMILES string of the molecule is CC(C)C(C)NC(=O)CN1CCCN(CCN)CC1. The Morgan fingerprint density at radius 2 is 1.79 bits per heavy atom. The van der Waals surface area contributed by atoms with Gasteiger partial charge in [0.25, 0.3) is 0 Å². The van der Waals surface area contributed by atoms with Crippen LogP contribution >= 0.6 is 0 Å². The molecule has 1 aliphatic heterocycles. The van der Waals surface area contributed by atoms with E-state index in [0.29, 0.717) is 19.0 Å². The molecular weight excluding hydrogens is 240 g/mol. The molecule has 1 amide bonds. The summed E-state index contributed by atoms with van der Waals surface area (Å²) in [7, 11) is 0. The standard InChI is InChI=1S/C14H30N4O/c1-12(2)13(3)16-14(19)11-18-7-4-6-17(8-5-15)9-10-18/h12-13H,4-11,15H2,1-3H3,(H,16,19). The molecule has 1 saturated heterocycles. The lowest BCUT2D eigenvalue weighted by Gasteiger charge is -2.23. The highest BCUT2D eigenvalue weighted by Crippen LogP contribution is 2.03. The number of nitrogens with one attached hydrogen (secondary N) is 1. The number of hydrogen-bond donors (Lipinski definition) is 2. The molecule has 0 aromatic carbocycles. The van der Waals surface area contributed by atoms with Gasteiger partial charge < -0.3 is 16.0 Å². The molecule has 5 nitrogen and oxygen atoms in total. The lowest BCUT2D eigenvalue weighted by molar-refractivity contribution is -0.123. The van der Waals surface area contributed by atoms with Gasteiger partial charge in [0.15, 0.2) is 0 Å². The summed E-state index contributed by atoms with van der Waals surface area (Å²) in [4.78, 5) is 16.6. The lowest BCUT2D eigenvalue weighted by Crippen LogP contribution is -2.44. The van der Waals surface area contributed by atoms with Crippen LogP contribution in [0, 0.1) is 5.92 Å². The van der Waals surface area contributed by atoms with Crippen LogP contribution < -0.4 is 11.1 Å². The van der Waals surface area contributed by atoms with E-state index in [1.165, 1.54) is 0 Å². The zero-order valence-corrected chi connectivity index (χ0v) is 12.7. The third kappa shape index (κ3) is 6.36. The van der Waals surface area contributed by atoms with E-state index in [9.17, 15) is 4.79 Å².